The normalized spacial score (nSPS) is 11.0. The van der Waals surface area contributed by atoms with Crippen LogP contribution in [0.2, 0.25) is 5.02 Å². The van der Waals surface area contributed by atoms with Crippen LogP contribution in [0.5, 0.6) is 5.75 Å². The zero-order chi connectivity index (χ0) is 20.4. The number of thioether (sulfide) groups is 1. The van der Waals surface area contributed by atoms with Crippen molar-refractivity contribution in [2.45, 2.75) is 17.8 Å². The summed E-state index contributed by atoms with van der Waals surface area (Å²) >= 11 is 7.61. The van der Waals surface area contributed by atoms with Gasteiger partial charge in [0.15, 0.2) is 5.16 Å². The molecule has 0 saturated carbocycles. The first-order chi connectivity index (χ1) is 14.1. The van der Waals surface area contributed by atoms with Crippen molar-refractivity contribution in [1.82, 2.24) is 14.5 Å². The van der Waals surface area contributed by atoms with E-state index >= 15 is 0 Å². The van der Waals surface area contributed by atoms with Crippen LogP contribution >= 0.6 is 23.4 Å². The maximum absolute atomic E-state index is 13.5. The van der Waals surface area contributed by atoms with Gasteiger partial charge in [0.25, 0.3) is 5.56 Å². The van der Waals surface area contributed by atoms with E-state index in [1.807, 2.05) is 37.3 Å². The number of benzene rings is 2. The minimum Gasteiger partial charge on any atom is -0.495 e. The van der Waals surface area contributed by atoms with E-state index in [4.69, 9.17) is 21.3 Å². The van der Waals surface area contributed by atoms with Crippen molar-refractivity contribution in [3.63, 3.8) is 0 Å². The number of halogens is 1. The number of aryl methyl sites for hydroxylation is 1. The van der Waals surface area contributed by atoms with Crippen molar-refractivity contribution in [2.24, 2.45) is 0 Å². The number of hydrogen-bond donors (Lipinski definition) is 0. The fraction of sp³-hybridized carbons (Fsp3) is 0.136. The van der Waals surface area contributed by atoms with Crippen LogP contribution in [0, 0.1) is 6.92 Å². The van der Waals surface area contributed by atoms with Gasteiger partial charge in [-0.2, -0.15) is 0 Å². The molecular weight excluding hydrogens is 406 g/mol. The van der Waals surface area contributed by atoms with Gasteiger partial charge in [-0.25, -0.2) is 4.98 Å². The van der Waals surface area contributed by atoms with Crippen molar-refractivity contribution in [3.05, 3.63) is 87.4 Å². The largest absolute Gasteiger partial charge is 0.495 e. The smallest absolute Gasteiger partial charge is 0.266 e. The molecule has 0 aliphatic rings. The third kappa shape index (κ3) is 3.99. The van der Waals surface area contributed by atoms with Gasteiger partial charge in [0.05, 0.1) is 23.7 Å². The lowest BCUT2D eigenvalue weighted by atomic mass is 10.2. The Balaban J connectivity index is 1.93. The Hall–Kier alpha value is -2.83. The van der Waals surface area contributed by atoms with Crippen molar-refractivity contribution in [3.8, 4) is 11.4 Å². The molecule has 4 rings (SSSR count). The summed E-state index contributed by atoms with van der Waals surface area (Å²) in [6, 6.07) is 14.7. The van der Waals surface area contributed by atoms with E-state index in [9.17, 15) is 4.79 Å². The Morgan fingerprint density at radius 2 is 2.03 bits per heavy atom. The Labute approximate surface area is 177 Å². The molecule has 0 atom stereocenters. The van der Waals surface area contributed by atoms with Crippen LogP contribution in [0.3, 0.4) is 0 Å². The van der Waals surface area contributed by atoms with Crippen LogP contribution in [-0.4, -0.2) is 21.6 Å². The Bertz CT molecular complexity index is 1240. The number of nitrogens with zero attached hydrogens (tertiary/aromatic N) is 3. The van der Waals surface area contributed by atoms with E-state index in [1.54, 1.807) is 42.3 Å². The molecule has 0 unspecified atom stereocenters. The van der Waals surface area contributed by atoms with Gasteiger partial charge in [0, 0.05) is 23.2 Å². The van der Waals surface area contributed by atoms with Crippen molar-refractivity contribution >= 4 is 34.3 Å². The molecule has 2 heterocycles. The summed E-state index contributed by atoms with van der Waals surface area (Å²) in [6.07, 6.45) is 3.54. The Morgan fingerprint density at radius 3 is 2.79 bits per heavy atom. The van der Waals surface area contributed by atoms with E-state index in [2.05, 4.69) is 4.98 Å². The quantitative estimate of drug-likeness (QED) is 0.332. The summed E-state index contributed by atoms with van der Waals surface area (Å²) in [7, 11) is 1.59. The monoisotopic (exact) mass is 423 g/mol. The molecule has 5 nitrogen and oxygen atoms in total. The maximum atomic E-state index is 13.5. The average Bonchev–Trinajstić information content (AvgIpc) is 2.73. The molecule has 7 heteroatoms. The second kappa shape index (κ2) is 8.27. The molecule has 4 aromatic rings. The standard InChI is InChI=1S/C22H18ClN3O2S/c1-14-5-8-20(28-2)19(10-14)26-21(27)17-7-6-16(23)11-18(17)25-22(26)29-13-15-4-3-9-24-12-15/h3-12H,13H2,1-2H3. The van der Waals surface area contributed by atoms with E-state index in [0.29, 0.717) is 38.3 Å². The predicted octanol–water partition coefficient (Wildman–Crippen LogP) is 5.04. The van der Waals surface area contributed by atoms with E-state index in [-0.39, 0.29) is 5.56 Å². The lowest BCUT2D eigenvalue weighted by Gasteiger charge is -2.16. The fourth-order valence-electron chi connectivity index (χ4n) is 3.05. The number of ether oxygens (including phenoxy) is 1. The van der Waals surface area contributed by atoms with Crippen LogP contribution in [0.15, 0.2) is 70.9 Å². The van der Waals surface area contributed by atoms with Gasteiger partial charge in [-0.3, -0.25) is 14.3 Å². The van der Waals surface area contributed by atoms with Crippen LogP contribution in [-0.2, 0) is 5.75 Å². The molecule has 2 aromatic carbocycles. The van der Waals surface area contributed by atoms with Crippen LogP contribution in [0.4, 0.5) is 0 Å². The molecular formula is C22H18ClN3O2S. The third-order valence-electron chi connectivity index (χ3n) is 4.47. The molecule has 0 N–H and O–H groups in total. The Kier molecular flexibility index (Phi) is 5.56. The van der Waals surface area contributed by atoms with Gasteiger partial charge in [0.2, 0.25) is 0 Å². The Morgan fingerprint density at radius 1 is 1.17 bits per heavy atom. The van der Waals surface area contributed by atoms with E-state index in [0.717, 1.165) is 11.1 Å². The molecule has 0 spiro atoms. The van der Waals surface area contributed by atoms with Gasteiger partial charge < -0.3 is 4.74 Å². The topological polar surface area (TPSA) is 57.0 Å². The number of pyridine rings is 1. The van der Waals surface area contributed by atoms with Crippen molar-refractivity contribution in [2.75, 3.05) is 7.11 Å². The van der Waals surface area contributed by atoms with E-state index in [1.165, 1.54) is 11.8 Å². The third-order valence-corrected chi connectivity index (χ3v) is 5.71. The summed E-state index contributed by atoms with van der Waals surface area (Å²) in [6.45, 7) is 1.98. The molecule has 29 heavy (non-hydrogen) atoms. The van der Waals surface area contributed by atoms with Gasteiger partial charge in [0.1, 0.15) is 5.75 Å². The lowest BCUT2D eigenvalue weighted by Crippen LogP contribution is -2.22. The molecule has 0 amide bonds. The number of rotatable bonds is 5. The number of fused-ring (bicyclic) bond motifs is 1. The highest BCUT2D eigenvalue weighted by Gasteiger charge is 2.17. The lowest BCUT2D eigenvalue weighted by molar-refractivity contribution is 0.411. The molecule has 2 aromatic heterocycles. The summed E-state index contributed by atoms with van der Waals surface area (Å²) in [4.78, 5) is 22.4. The molecule has 0 fully saturated rings. The van der Waals surface area contributed by atoms with Crippen molar-refractivity contribution in [1.29, 1.82) is 0 Å². The SMILES string of the molecule is COc1ccc(C)cc1-n1c(SCc2cccnc2)nc2cc(Cl)ccc2c1=O. The second-order valence-corrected chi connectivity index (χ2v) is 7.90. The number of hydrogen-bond acceptors (Lipinski definition) is 5. The van der Waals surface area contributed by atoms with Crippen LogP contribution in [0.25, 0.3) is 16.6 Å². The first-order valence-electron chi connectivity index (χ1n) is 8.96. The fourth-order valence-corrected chi connectivity index (χ4v) is 4.16. The highest BCUT2D eigenvalue weighted by Crippen LogP contribution is 2.30. The van der Waals surface area contributed by atoms with Gasteiger partial charge in [-0.15, -0.1) is 0 Å². The van der Waals surface area contributed by atoms with Crippen molar-refractivity contribution < 1.29 is 4.74 Å². The van der Waals surface area contributed by atoms with Gasteiger partial charge in [-0.05, 0) is 54.4 Å². The number of aromatic nitrogens is 3. The molecule has 0 saturated heterocycles. The molecule has 0 aliphatic carbocycles. The van der Waals surface area contributed by atoms with Gasteiger partial charge >= 0.3 is 0 Å². The molecule has 146 valence electrons. The van der Waals surface area contributed by atoms with Gasteiger partial charge in [-0.1, -0.05) is 35.5 Å². The summed E-state index contributed by atoms with van der Waals surface area (Å²) in [5, 5.41) is 1.61. The first kappa shape index (κ1) is 19.5. The first-order valence-corrected chi connectivity index (χ1v) is 10.3. The summed E-state index contributed by atoms with van der Waals surface area (Å²) < 4.78 is 7.15. The summed E-state index contributed by atoms with van der Waals surface area (Å²) in [5.74, 6) is 1.23. The molecule has 0 bridgehead atoms. The van der Waals surface area contributed by atoms with E-state index < -0.39 is 0 Å². The maximum Gasteiger partial charge on any atom is 0.266 e. The molecule has 0 aliphatic heterocycles. The zero-order valence-corrected chi connectivity index (χ0v) is 17.5. The predicted molar refractivity (Wildman–Crippen MR) is 117 cm³/mol. The minimum atomic E-state index is -0.163. The average molecular weight is 424 g/mol. The zero-order valence-electron chi connectivity index (χ0n) is 15.9. The number of methoxy groups -OCH3 is 1. The highest BCUT2D eigenvalue weighted by molar-refractivity contribution is 7.98. The highest BCUT2D eigenvalue weighted by atomic mass is 35.5. The van der Waals surface area contributed by atoms with Crippen LogP contribution < -0.4 is 10.3 Å². The second-order valence-electron chi connectivity index (χ2n) is 6.52. The summed E-state index contributed by atoms with van der Waals surface area (Å²) in [5.41, 5.74) is 3.13. The molecule has 0 radical (unpaired) electrons. The minimum absolute atomic E-state index is 0.163. The van der Waals surface area contributed by atoms with Crippen LogP contribution in [0.1, 0.15) is 11.1 Å².